The molecule has 4 rings (SSSR count). The Morgan fingerprint density at radius 1 is 1.07 bits per heavy atom. The molecule has 1 atom stereocenters. The number of nitrogens with zero attached hydrogens (tertiary/aromatic N) is 3. The van der Waals surface area contributed by atoms with Crippen molar-refractivity contribution in [1.82, 2.24) is 9.88 Å². The number of aromatic nitrogens is 1. The first-order valence-corrected chi connectivity index (χ1v) is 9.06. The monoisotopic (exact) mass is 359 g/mol. The van der Waals surface area contributed by atoms with E-state index >= 15 is 0 Å². The van der Waals surface area contributed by atoms with Crippen molar-refractivity contribution >= 4 is 28.4 Å². The van der Waals surface area contributed by atoms with Gasteiger partial charge in [-0.2, -0.15) is 0 Å². The van der Waals surface area contributed by atoms with Gasteiger partial charge in [0.05, 0.1) is 11.1 Å². The predicted octanol–water partition coefficient (Wildman–Crippen LogP) is 3.42. The summed E-state index contributed by atoms with van der Waals surface area (Å²) in [6.45, 7) is 4.56. The maximum absolute atomic E-state index is 13.2. The molecule has 1 aliphatic heterocycles. The van der Waals surface area contributed by atoms with E-state index in [1.165, 1.54) is 0 Å². The van der Waals surface area contributed by atoms with Crippen LogP contribution in [0.5, 0.6) is 0 Å². The van der Waals surface area contributed by atoms with E-state index in [9.17, 15) is 9.59 Å². The third kappa shape index (κ3) is 3.16. The molecule has 136 valence electrons. The van der Waals surface area contributed by atoms with Gasteiger partial charge in [0.1, 0.15) is 6.54 Å². The summed E-state index contributed by atoms with van der Waals surface area (Å²) in [7, 11) is 0. The quantitative estimate of drug-likeness (QED) is 0.704. The fourth-order valence-corrected chi connectivity index (χ4v) is 3.53. The van der Waals surface area contributed by atoms with Crippen LogP contribution in [0, 0.1) is 6.92 Å². The number of rotatable bonds is 2. The highest BCUT2D eigenvalue weighted by Gasteiger charge is 2.34. The van der Waals surface area contributed by atoms with Crippen LogP contribution in [0.25, 0.3) is 10.9 Å². The number of carbonyl (C=O) groups is 2. The first-order chi connectivity index (χ1) is 13.0. The number of anilines is 1. The summed E-state index contributed by atoms with van der Waals surface area (Å²) in [5.41, 5.74) is 3.39. The molecule has 0 N–H and O–H groups in total. The summed E-state index contributed by atoms with van der Waals surface area (Å²) in [6.07, 6.45) is 1.64. The molecule has 27 heavy (non-hydrogen) atoms. The number of para-hydroxylation sites is 1. The van der Waals surface area contributed by atoms with E-state index in [0.29, 0.717) is 12.1 Å². The molecular formula is C22H21N3O2. The summed E-state index contributed by atoms with van der Waals surface area (Å²) in [6, 6.07) is 17.1. The zero-order chi connectivity index (χ0) is 19.0. The third-order valence-corrected chi connectivity index (χ3v) is 5.07. The summed E-state index contributed by atoms with van der Waals surface area (Å²) in [5, 5.41) is 0.811. The van der Waals surface area contributed by atoms with Gasteiger partial charge in [-0.15, -0.1) is 0 Å². The number of amides is 2. The summed E-state index contributed by atoms with van der Waals surface area (Å²) >= 11 is 0. The van der Waals surface area contributed by atoms with Crippen LogP contribution in [-0.2, 0) is 4.79 Å². The Morgan fingerprint density at radius 3 is 2.59 bits per heavy atom. The van der Waals surface area contributed by atoms with E-state index in [1.54, 1.807) is 22.1 Å². The highest BCUT2D eigenvalue weighted by molar-refractivity contribution is 6.08. The molecule has 0 aliphatic carbocycles. The van der Waals surface area contributed by atoms with E-state index in [2.05, 4.69) is 4.98 Å². The van der Waals surface area contributed by atoms with Crippen molar-refractivity contribution in [3.63, 3.8) is 0 Å². The molecule has 0 spiro atoms. The SMILES string of the molecule is Cc1ccc(N2C[C@@H](C)N(C(=O)c3ccnc4ccccc34)CC2=O)cc1. The fourth-order valence-electron chi connectivity index (χ4n) is 3.53. The van der Waals surface area contributed by atoms with E-state index in [0.717, 1.165) is 22.2 Å². The average molecular weight is 359 g/mol. The molecule has 5 nitrogen and oxygen atoms in total. The number of pyridine rings is 1. The first kappa shape index (κ1) is 17.2. The molecule has 2 aromatic carbocycles. The zero-order valence-corrected chi connectivity index (χ0v) is 15.4. The molecule has 1 aromatic heterocycles. The number of fused-ring (bicyclic) bond motifs is 1. The smallest absolute Gasteiger partial charge is 0.255 e. The molecule has 1 saturated heterocycles. The van der Waals surface area contributed by atoms with Crippen LogP contribution in [0.3, 0.4) is 0 Å². The highest BCUT2D eigenvalue weighted by Crippen LogP contribution is 2.24. The van der Waals surface area contributed by atoms with Gasteiger partial charge in [0.25, 0.3) is 5.91 Å². The normalized spacial score (nSPS) is 17.4. The maximum Gasteiger partial charge on any atom is 0.255 e. The van der Waals surface area contributed by atoms with Crippen molar-refractivity contribution in [2.75, 3.05) is 18.0 Å². The molecule has 0 radical (unpaired) electrons. The second-order valence-corrected chi connectivity index (χ2v) is 7.00. The van der Waals surface area contributed by atoms with Crippen LogP contribution in [0.15, 0.2) is 60.8 Å². The van der Waals surface area contributed by atoms with Gasteiger partial charge >= 0.3 is 0 Å². The molecule has 1 fully saturated rings. The van der Waals surface area contributed by atoms with Crippen molar-refractivity contribution in [2.45, 2.75) is 19.9 Å². The van der Waals surface area contributed by atoms with E-state index in [1.807, 2.05) is 62.4 Å². The van der Waals surface area contributed by atoms with Crippen molar-refractivity contribution in [3.8, 4) is 0 Å². The van der Waals surface area contributed by atoms with Crippen LogP contribution < -0.4 is 4.90 Å². The summed E-state index contributed by atoms with van der Waals surface area (Å²) < 4.78 is 0. The van der Waals surface area contributed by atoms with Gasteiger partial charge in [0, 0.05) is 29.9 Å². The lowest BCUT2D eigenvalue weighted by Gasteiger charge is -2.39. The molecule has 5 heteroatoms. The minimum atomic E-state index is -0.127. The Labute approximate surface area is 158 Å². The Hall–Kier alpha value is -3.21. The minimum Gasteiger partial charge on any atom is -0.325 e. The average Bonchev–Trinajstić information content (AvgIpc) is 2.69. The van der Waals surface area contributed by atoms with Crippen molar-refractivity contribution in [3.05, 3.63) is 71.9 Å². The highest BCUT2D eigenvalue weighted by atomic mass is 16.2. The lowest BCUT2D eigenvalue weighted by atomic mass is 10.1. The van der Waals surface area contributed by atoms with Crippen LogP contribution in [0.2, 0.25) is 0 Å². The number of benzene rings is 2. The largest absolute Gasteiger partial charge is 0.325 e. The predicted molar refractivity (Wildman–Crippen MR) is 106 cm³/mol. The number of hydrogen-bond donors (Lipinski definition) is 0. The second-order valence-electron chi connectivity index (χ2n) is 7.00. The van der Waals surface area contributed by atoms with Gasteiger partial charge in [-0.25, -0.2) is 0 Å². The van der Waals surface area contributed by atoms with Crippen molar-refractivity contribution < 1.29 is 9.59 Å². The minimum absolute atomic E-state index is 0.0661. The molecule has 0 saturated carbocycles. The van der Waals surface area contributed by atoms with Gasteiger partial charge in [0.15, 0.2) is 0 Å². The van der Waals surface area contributed by atoms with Crippen LogP contribution in [0.1, 0.15) is 22.8 Å². The molecule has 3 aromatic rings. The van der Waals surface area contributed by atoms with Crippen LogP contribution in [0.4, 0.5) is 5.69 Å². The lowest BCUT2D eigenvalue weighted by molar-refractivity contribution is -0.121. The topological polar surface area (TPSA) is 53.5 Å². The molecule has 0 unspecified atom stereocenters. The first-order valence-electron chi connectivity index (χ1n) is 9.06. The Balaban J connectivity index is 1.61. The summed E-state index contributed by atoms with van der Waals surface area (Å²) in [4.78, 5) is 33.7. The number of aryl methyl sites for hydroxylation is 1. The molecule has 2 amide bonds. The third-order valence-electron chi connectivity index (χ3n) is 5.07. The van der Waals surface area contributed by atoms with Crippen molar-refractivity contribution in [2.24, 2.45) is 0 Å². The standard InChI is InChI=1S/C22H21N3O2/c1-15-7-9-17(10-8-15)25-13-16(2)24(14-21(25)26)22(27)19-11-12-23-20-6-4-3-5-18(19)20/h3-12,16H,13-14H2,1-2H3/t16-/m1/s1. The number of piperazine rings is 1. The van der Waals surface area contributed by atoms with Crippen LogP contribution >= 0.6 is 0 Å². The van der Waals surface area contributed by atoms with Crippen molar-refractivity contribution in [1.29, 1.82) is 0 Å². The Kier molecular flexibility index (Phi) is 4.36. The molecular weight excluding hydrogens is 338 g/mol. The Morgan fingerprint density at radius 2 is 1.81 bits per heavy atom. The number of hydrogen-bond acceptors (Lipinski definition) is 3. The number of carbonyl (C=O) groups excluding carboxylic acids is 2. The van der Waals surface area contributed by atoms with Gasteiger partial charge in [-0.05, 0) is 38.1 Å². The van der Waals surface area contributed by atoms with Gasteiger partial charge in [0.2, 0.25) is 5.91 Å². The lowest BCUT2D eigenvalue weighted by Crippen LogP contribution is -2.57. The molecule has 1 aliphatic rings. The molecule has 2 heterocycles. The van der Waals surface area contributed by atoms with Gasteiger partial charge < -0.3 is 9.80 Å². The van der Waals surface area contributed by atoms with Gasteiger partial charge in [-0.3, -0.25) is 14.6 Å². The fraction of sp³-hybridized carbons (Fsp3) is 0.227. The maximum atomic E-state index is 13.2. The zero-order valence-electron chi connectivity index (χ0n) is 15.4. The molecule has 0 bridgehead atoms. The Bertz CT molecular complexity index is 1010. The van der Waals surface area contributed by atoms with Crippen LogP contribution in [-0.4, -0.2) is 40.8 Å². The summed E-state index contributed by atoms with van der Waals surface area (Å²) in [5.74, 6) is -0.193. The van der Waals surface area contributed by atoms with E-state index in [-0.39, 0.29) is 24.4 Å². The van der Waals surface area contributed by atoms with E-state index in [4.69, 9.17) is 0 Å². The van der Waals surface area contributed by atoms with E-state index < -0.39 is 0 Å². The van der Waals surface area contributed by atoms with Gasteiger partial charge in [-0.1, -0.05) is 35.9 Å². The second kappa shape index (κ2) is 6.83.